The number of rotatable bonds is 8. The molecule has 122 valence electrons. The van der Waals surface area contributed by atoms with Crippen molar-refractivity contribution in [2.24, 2.45) is 0 Å². The van der Waals surface area contributed by atoms with E-state index in [1.807, 2.05) is 19.1 Å². The molecule has 3 unspecified atom stereocenters. The molecule has 22 heavy (non-hydrogen) atoms. The van der Waals surface area contributed by atoms with Crippen LogP contribution < -0.4 is 15.4 Å². The molecule has 4 N–H and O–H groups in total. The molecule has 6 heteroatoms. The normalized spacial score (nSPS) is 17.5. The van der Waals surface area contributed by atoms with Gasteiger partial charge in [0.15, 0.2) is 0 Å². The van der Waals surface area contributed by atoms with Crippen LogP contribution in [-0.4, -0.2) is 47.5 Å². The van der Waals surface area contributed by atoms with E-state index >= 15 is 0 Å². The molecule has 1 aromatic carbocycles. The molecule has 0 aromatic heterocycles. The van der Waals surface area contributed by atoms with Crippen LogP contribution in [0.3, 0.4) is 0 Å². The second-order valence-corrected chi connectivity index (χ2v) is 5.87. The lowest BCUT2D eigenvalue weighted by atomic mass is 10.1. The lowest BCUT2D eigenvalue weighted by Gasteiger charge is -2.19. The molecule has 0 bridgehead atoms. The average Bonchev–Trinajstić information content (AvgIpc) is 2.82. The summed E-state index contributed by atoms with van der Waals surface area (Å²) in [5.74, 6) is 0.590. The number of aliphatic hydroxyl groups excluding tert-OH is 2. The first-order chi connectivity index (χ1) is 10.5. The van der Waals surface area contributed by atoms with Gasteiger partial charge in [-0.25, -0.2) is 0 Å². The number of amides is 1. The first-order valence-electron chi connectivity index (χ1n) is 7.59. The van der Waals surface area contributed by atoms with Gasteiger partial charge in [0.1, 0.15) is 18.5 Å². The van der Waals surface area contributed by atoms with Crippen molar-refractivity contribution >= 4 is 11.6 Å². The van der Waals surface area contributed by atoms with Gasteiger partial charge in [0.05, 0.1) is 12.5 Å². The summed E-state index contributed by atoms with van der Waals surface area (Å²) < 4.78 is 5.64. The monoisotopic (exact) mass is 308 g/mol. The van der Waals surface area contributed by atoms with Gasteiger partial charge in [-0.1, -0.05) is 6.07 Å². The van der Waals surface area contributed by atoms with Crippen LogP contribution in [0, 0.1) is 0 Å². The van der Waals surface area contributed by atoms with Crippen LogP contribution in [0.25, 0.3) is 0 Å². The maximum absolute atomic E-state index is 11.4. The third-order valence-electron chi connectivity index (χ3n) is 3.57. The number of ether oxygens (including phenoxy) is 1. The van der Waals surface area contributed by atoms with Crippen molar-refractivity contribution in [3.63, 3.8) is 0 Å². The molecule has 6 nitrogen and oxygen atoms in total. The van der Waals surface area contributed by atoms with Gasteiger partial charge in [-0.3, -0.25) is 4.79 Å². The van der Waals surface area contributed by atoms with Crippen LogP contribution in [0.15, 0.2) is 18.2 Å². The first kappa shape index (κ1) is 16.7. The van der Waals surface area contributed by atoms with E-state index in [4.69, 9.17) is 4.74 Å². The predicted octanol–water partition coefficient (Wildman–Crippen LogP) is 0.670. The molecule has 2 rings (SSSR count). The largest absolute Gasteiger partial charge is 0.490 e. The van der Waals surface area contributed by atoms with Crippen molar-refractivity contribution in [1.29, 1.82) is 0 Å². The lowest BCUT2D eigenvalue weighted by molar-refractivity contribution is -0.115. The Morgan fingerprint density at radius 2 is 2.14 bits per heavy atom. The van der Waals surface area contributed by atoms with Gasteiger partial charge in [0.2, 0.25) is 5.91 Å². The highest BCUT2D eigenvalue weighted by Crippen LogP contribution is 2.31. The molecule has 1 aliphatic heterocycles. The van der Waals surface area contributed by atoms with Crippen LogP contribution in [0.1, 0.15) is 25.8 Å². The number of carbonyl (C=O) groups excluding carboxylic acids is 1. The van der Waals surface area contributed by atoms with Gasteiger partial charge >= 0.3 is 0 Å². The second-order valence-electron chi connectivity index (χ2n) is 5.87. The Hall–Kier alpha value is -1.63. The van der Waals surface area contributed by atoms with Gasteiger partial charge in [0.25, 0.3) is 0 Å². The van der Waals surface area contributed by atoms with Gasteiger partial charge in [-0.05, 0) is 32.4 Å². The molecular weight excluding hydrogens is 284 g/mol. The van der Waals surface area contributed by atoms with Gasteiger partial charge in [-0.15, -0.1) is 0 Å². The van der Waals surface area contributed by atoms with E-state index in [-0.39, 0.29) is 24.7 Å². The average molecular weight is 308 g/mol. The zero-order valence-corrected chi connectivity index (χ0v) is 13.0. The van der Waals surface area contributed by atoms with E-state index in [0.717, 1.165) is 11.3 Å². The Labute approximate surface area is 130 Å². The van der Waals surface area contributed by atoms with E-state index in [9.17, 15) is 15.0 Å². The highest BCUT2D eigenvalue weighted by Gasteiger charge is 2.21. The number of aliphatic hydroxyl groups is 2. The molecule has 0 spiro atoms. The van der Waals surface area contributed by atoms with E-state index in [0.29, 0.717) is 25.1 Å². The van der Waals surface area contributed by atoms with Crippen LogP contribution in [0.4, 0.5) is 5.69 Å². The van der Waals surface area contributed by atoms with Gasteiger partial charge in [0, 0.05) is 23.8 Å². The zero-order valence-electron chi connectivity index (χ0n) is 13.0. The molecule has 1 amide bonds. The molecule has 1 heterocycles. The van der Waals surface area contributed by atoms with E-state index < -0.39 is 6.10 Å². The van der Waals surface area contributed by atoms with Crippen molar-refractivity contribution in [1.82, 2.24) is 5.32 Å². The van der Waals surface area contributed by atoms with Crippen LogP contribution in [0.2, 0.25) is 0 Å². The highest BCUT2D eigenvalue weighted by atomic mass is 16.5. The predicted molar refractivity (Wildman–Crippen MR) is 84.0 cm³/mol. The molecule has 3 atom stereocenters. The number of anilines is 1. The van der Waals surface area contributed by atoms with Crippen molar-refractivity contribution in [2.75, 3.05) is 18.5 Å². The molecule has 0 saturated heterocycles. The highest BCUT2D eigenvalue weighted by molar-refractivity contribution is 6.00. The minimum Gasteiger partial charge on any atom is -0.490 e. The third kappa shape index (κ3) is 4.69. The summed E-state index contributed by atoms with van der Waals surface area (Å²) in [5, 5.41) is 25.2. The van der Waals surface area contributed by atoms with Crippen molar-refractivity contribution in [3.8, 4) is 5.75 Å². The minimum atomic E-state index is -0.655. The number of hydrogen-bond donors (Lipinski definition) is 4. The first-order valence-corrected chi connectivity index (χ1v) is 7.59. The van der Waals surface area contributed by atoms with Crippen molar-refractivity contribution < 1.29 is 19.7 Å². The Balaban J connectivity index is 1.79. The molecule has 1 aliphatic rings. The van der Waals surface area contributed by atoms with Gasteiger partial charge < -0.3 is 25.6 Å². The summed E-state index contributed by atoms with van der Waals surface area (Å²) in [6.45, 7) is 4.24. The fraction of sp³-hybridized carbons (Fsp3) is 0.562. The number of benzene rings is 1. The summed E-state index contributed by atoms with van der Waals surface area (Å²) in [6, 6.07) is 5.57. The quantitative estimate of drug-likeness (QED) is 0.567. The summed E-state index contributed by atoms with van der Waals surface area (Å²) >= 11 is 0. The topological polar surface area (TPSA) is 90.8 Å². The maximum atomic E-state index is 11.4. The Morgan fingerprint density at radius 1 is 1.36 bits per heavy atom. The molecule has 0 saturated carbocycles. The van der Waals surface area contributed by atoms with E-state index in [1.165, 1.54) is 0 Å². The van der Waals surface area contributed by atoms with Crippen LogP contribution in [0.5, 0.6) is 5.75 Å². The molecule has 1 aromatic rings. The number of fused-ring (bicyclic) bond motifs is 1. The maximum Gasteiger partial charge on any atom is 0.229 e. The fourth-order valence-corrected chi connectivity index (χ4v) is 2.53. The molecular formula is C16H24N2O4. The molecule has 0 aliphatic carbocycles. The van der Waals surface area contributed by atoms with Crippen molar-refractivity contribution in [3.05, 3.63) is 23.8 Å². The second kappa shape index (κ2) is 7.58. The number of nitrogens with one attached hydrogen (secondary N) is 2. The summed E-state index contributed by atoms with van der Waals surface area (Å²) in [7, 11) is 0. The van der Waals surface area contributed by atoms with E-state index in [2.05, 4.69) is 10.6 Å². The Kier molecular flexibility index (Phi) is 5.76. The SMILES string of the molecule is CC(O)CC(C)NCC(O)COc1cccc2c1CC(=O)N2. The number of hydrogen-bond acceptors (Lipinski definition) is 5. The van der Waals surface area contributed by atoms with Crippen molar-refractivity contribution in [2.45, 2.75) is 44.9 Å². The standard InChI is InChI=1S/C16H24N2O4/c1-10(6-11(2)19)17-8-12(20)9-22-15-5-3-4-14-13(15)7-16(21)18-14/h3-5,10-12,17,19-20H,6-9H2,1-2H3,(H,18,21). The Bertz CT molecular complexity index is 519. The van der Waals surface area contributed by atoms with Crippen LogP contribution in [-0.2, 0) is 11.2 Å². The zero-order chi connectivity index (χ0) is 16.1. The number of carbonyl (C=O) groups is 1. The fourth-order valence-electron chi connectivity index (χ4n) is 2.53. The third-order valence-corrected chi connectivity index (χ3v) is 3.57. The lowest BCUT2D eigenvalue weighted by Crippen LogP contribution is -2.37. The minimum absolute atomic E-state index is 0.0415. The summed E-state index contributed by atoms with van der Waals surface area (Å²) in [4.78, 5) is 11.4. The smallest absolute Gasteiger partial charge is 0.229 e. The molecule has 0 radical (unpaired) electrons. The van der Waals surface area contributed by atoms with Gasteiger partial charge in [-0.2, -0.15) is 0 Å². The Morgan fingerprint density at radius 3 is 2.86 bits per heavy atom. The summed E-state index contributed by atoms with van der Waals surface area (Å²) in [6.07, 6.45) is -0.0797. The molecule has 0 fully saturated rings. The van der Waals surface area contributed by atoms with Crippen LogP contribution >= 0.6 is 0 Å². The van der Waals surface area contributed by atoms with E-state index in [1.54, 1.807) is 13.0 Å². The summed E-state index contributed by atoms with van der Waals surface area (Å²) in [5.41, 5.74) is 1.62.